The summed E-state index contributed by atoms with van der Waals surface area (Å²) < 4.78 is 1.93. The zero-order valence-corrected chi connectivity index (χ0v) is 14.9. The Morgan fingerprint density at radius 3 is 3.04 bits per heavy atom. The molecule has 0 aliphatic carbocycles. The predicted molar refractivity (Wildman–Crippen MR) is 93.8 cm³/mol. The molecule has 2 aromatic heterocycles. The van der Waals surface area contributed by atoms with E-state index >= 15 is 0 Å². The van der Waals surface area contributed by atoms with Crippen molar-refractivity contribution in [3.8, 4) is 0 Å². The number of piperidine rings is 1. The monoisotopic (exact) mass is 329 g/mol. The number of nitrogens with zero attached hydrogens (tertiary/aromatic N) is 4. The maximum absolute atomic E-state index is 11.0. The van der Waals surface area contributed by atoms with Gasteiger partial charge in [0.15, 0.2) is 5.65 Å². The largest absolute Gasteiger partial charge is 0.356 e. The number of rotatable bonds is 5. The lowest BCUT2D eigenvalue weighted by atomic mass is 9.94. The van der Waals surface area contributed by atoms with Gasteiger partial charge in [-0.3, -0.25) is 9.69 Å². The van der Waals surface area contributed by atoms with Gasteiger partial charge in [0.1, 0.15) is 0 Å². The molecule has 3 heterocycles. The topological polar surface area (TPSA) is 62.5 Å². The summed E-state index contributed by atoms with van der Waals surface area (Å²) in [4.78, 5) is 18.2. The lowest BCUT2D eigenvalue weighted by Gasteiger charge is -2.32. The van der Waals surface area contributed by atoms with Gasteiger partial charge in [-0.1, -0.05) is 0 Å². The van der Waals surface area contributed by atoms with Gasteiger partial charge in [0.2, 0.25) is 5.91 Å². The highest BCUT2D eigenvalue weighted by molar-refractivity contribution is 5.72. The molecule has 130 valence electrons. The standard InChI is InChI=1S/C18H27N5O/c1-13-9-14(2)23-18(21-13)17(10-20-23)12-22-8-4-5-16(11-22)6-7-19-15(3)24/h9-10,16H,4-8,11-12H2,1-3H3,(H,19,24). The normalized spacial score (nSPS) is 18.9. The molecule has 0 spiro atoms. The van der Waals surface area contributed by atoms with Crippen LogP contribution in [0.1, 0.15) is 43.1 Å². The Hall–Kier alpha value is -1.95. The quantitative estimate of drug-likeness (QED) is 0.912. The number of likely N-dealkylation sites (tertiary alicyclic amines) is 1. The van der Waals surface area contributed by atoms with Crippen molar-refractivity contribution < 1.29 is 4.79 Å². The molecule has 0 saturated carbocycles. The molecule has 1 aliphatic rings. The number of amides is 1. The zero-order chi connectivity index (χ0) is 17.1. The highest BCUT2D eigenvalue weighted by atomic mass is 16.1. The van der Waals surface area contributed by atoms with E-state index in [1.165, 1.54) is 18.4 Å². The van der Waals surface area contributed by atoms with Gasteiger partial charge in [-0.25, -0.2) is 9.50 Å². The molecular weight excluding hydrogens is 302 g/mol. The number of hydrogen-bond acceptors (Lipinski definition) is 4. The summed E-state index contributed by atoms with van der Waals surface area (Å²) in [6.07, 6.45) is 5.48. The summed E-state index contributed by atoms with van der Waals surface area (Å²) >= 11 is 0. The maximum atomic E-state index is 11.0. The van der Waals surface area contributed by atoms with Crippen LogP contribution < -0.4 is 5.32 Å². The Bertz CT molecular complexity index is 724. The van der Waals surface area contributed by atoms with E-state index in [2.05, 4.69) is 33.3 Å². The van der Waals surface area contributed by atoms with Gasteiger partial charge in [-0.05, 0) is 51.6 Å². The van der Waals surface area contributed by atoms with E-state index in [0.29, 0.717) is 5.92 Å². The van der Waals surface area contributed by atoms with Crippen LogP contribution >= 0.6 is 0 Å². The molecule has 1 amide bonds. The molecule has 1 saturated heterocycles. The second kappa shape index (κ2) is 7.30. The molecule has 6 nitrogen and oxygen atoms in total. The first-order valence-electron chi connectivity index (χ1n) is 8.80. The van der Waals surface area contributed by atoms with E-state index < -0.39 is 0 Å². The molecule has 1 unspecified atom stereocenters. The molecule has 1 N–H and O–H groups in total. The average Bonchev–Trinajstić information content (AvgIpc) is 2.90. The summed E-state index contributed by atoms with van der Waals surface area (Å²) in [6.45, 7) is 9.57. The third-order valence-electron chi connectivity index (χ3n) is 4.77. The Morgan fingerprint density at radius 1 is 1.42 bits per heavy atom. The lowest BCUT2D eigenvalue weighted by molar-refractivity contribution is -0.119. The fourth-order valence-electron chi connectivity index (χ4n) is 3.65. The molecular formula is C18H27N5O. The van der Waals surface area contributed by atoms with Crippen LogP contribution in [0.25, 0.3) is 5.65 Å². The van der Waals surface area contributed by atoms with Crippen molar-refractivity contribution in [3.05, 3.63) is 29.2 Å². The van der Waals surface area contributed by atoms with Crippen LogP contribution in [0.3, 0.4) is 0 Å². The number of carbonyl (C=O) groups is 1. The highest BCUT2D eigenvalue weighted by Crippen LogP contribution is 2.22. The molecule has 0 aromatic carbocycles. The van der Waals surface area contributed by atoms with Crippen molar-refractivity contribution in [2.75, 3.05) is 19.6 Å². The Kier molecular flexibility index (Phi) is 5.14. The lowest BCUT2D eigenvalue weighted by Crippen LogP contribution is -2.36. The van der Waals surface area contributed by atoms with Gasteiger partial charge in [-0.2, -0.15) is 5.10 Å². The first-order chi connectivity index (χ1) is 11.5. The summed E-state index contributed by atoms with van der Waals surface area (Å²) in [7, 11) is 0. The maximum Gasteiger partial charge on any atom is 0.216 e. The number of nitrogens with one attached hydrogen (secondary N) is 1. The molecule has 3 rings (SSSR count). The third-order valence-corrected chi connectivity index (χ3v) is 4.77. The molecule has 6 heteroatoms. The van der Waals surface area contributed by atoms with Gasteiger partial charge >= 0.3 is 0 Å². The van der Waals surface area contributed by atoms with E-state index in [9.17, 15) is 4.79 Å². The highest BCUT2D eigenvalue weighted by Gasteiger charge is 2.21. The molecule has 24 heavy (non-hydrogen) atoms. The fourth-order valence-corrected chi connectivity index (χ4v) is 3.65. The van der Waals surface area contributed by atoms with Crippen molar-refractivity contribution in [1.82, 2.24) is 24.8 Å². The second-order valence-corrected chi connectivity index (χ2v) is 6.96. The summed E-state index contributed by atoms with van der Waals surface area (Å²) in [5.41, 5.74) is 4.33. The van der Waals surface area contributed by atoms with Crippen LogP contribution in [-0.2, 0) is 11.3 Å². The zero-order valence-electron chi connectivity index (χ0n) is 14.9. The van der Waals surface area contributed by atoms with Crippen molar-refractivity contribution in [2.45, 2.75) is 46.6 Å². The smallest absolute Gasteiger partial charge is 0.216 e. The number of fused-ring (bicyclic) bond motifs is 1. The predicted octanol–water partition coefficient (Wildman–Crippen LogP) is 2.08. The SMILES string of the molecule is CC(=O)NCCC1CCCN(Cc2cnn3c(C)cc(C)nc23)C1. The minimum atomic E-state index is 0.0610. The molecule has 1 aliphatic heterocycles. The molecule has 0 bridgehead atoms. The van der Waals surface area contributed by atoms with Gasteiger partial charge in [0.25, 0.3) is 0 Å². The van der Waals surface area contributed by atoms with E-state index in [4.69, 9.17) is 0 Å². The molecule has 1 atom stereocenters. The first-order valence-corrected chi connectivity index (χ1v) is 8.80. The second-order valence-electron chi connectivity index (χ2n) is 6.96. The van der Waals surface area contributed by atoms with Gasteiger partial charge in [0, 0.05) is 43.5 Å². The van der Waals surface area contributed by atoms with Crippen LogP contribution in [0.5, 0.6) is 0 Å². The summed E-state index contributed by atoms with van der Waals surface area (Å²) in [5, 5.41) is 7.40. The van der Waals surface area contributed by atoms with E-state index in [1.807, 2.05) is 17.6 Å². The van der Waals surface area contributed by atoms with E-state index in [1.54, 1.807) is 6.92 Å². The number of hydrogen-bond donors (Lipinski definition) is 1. The van der Waals surface area contributed by atoms with Crippen molar-refractivity contribution >= 4 is 11.6 Å². The minimum absolute atomic E-state index is 0.0610. The van der Waals surface area contributed by atoms with E-state index in [-0.39, 0.29) is 5.91 Å². The minimum Gasteiger partial charge on any atom is -0.356 e. The number of carbonyl (C=O) groups excluding carboxylic acids is 1. The number of aryl methyl sites for hydroxylation is 2. The average molecular weight is 329 g/mol. The Morgan fingerprint density at radius 2 is 2.25 bits per heavy atom. The first kappa shape index (κ1) is 16.9. The van der Waals surface area contributed by atoms with E-state index in [0.717, 1.165) is 49.6 Å². The van der Waals surface area contributed by atoms with Crippen LogP contribution in [0, 0.1) is 19.8 Å². The summed E-state index contributed by atoms with van der Waals surface area (Å²) in [5.74, 6) is 0.717. The van der Waals surface area contributed by atoms with Gasteiger partial charge in [0.05, 0.1) is 6.20 Å². The van der Waals surface area contributed by atoms with Gasteiger partial charge in [-0.15, -0.1) is 0 Å². The van der Waals surface area contributed by atoms with Crippen LogP contribution in [0.2, 0.25) is 0 Å². The molecule has 0 radical (unpaired) electrons. The van der Waals surface area contributed by atoms with Crippen molar-refractivity contribution in [1.29, 1.82) is 0 Å². The van der Waals surface area contributed by atoms with Crippen molar-refractivity contribution in [3.63, 3.8) is 0 Å². The van der Waals surface area contributed by atoms with Crippen LogP contribution in [0.15, 0.2) is 12.3 Å². The number of aromatic nitrogens is 3. The van der Waals surface area contributed by atoms with Crippen LogP contribution in [-0.4, -0.2) is 45.0 Å². The Balaban J connectivity index is 1.64. The summed E-state index contributed by atoms with van der Waals surface area (Å²) in [6, 6.07) is 2.06. The fraction of sp³-hybridized carbons (Fsp3) is 0.611. The van der Waals surface area contributed by atoms with Gasteiger partial charge < -0.3 is 5.32 Å². The molecule has 2 aromatic rings. The molecule has 1 fully saturated rings. The van der Waals surface area contributed by atoms with Crippen LogP contribution in [0.4, 0.5) is 0 Å². The van der Waals surface area contributed by atoms with Crippen molar-refractivity contribution in [2.24, 2.45) is 5.92 Å². The Labute approximate surface area is 143 Å². The third kappa shape index (κ3) is 3.93.